The minimum Gasteiger partial charge on any atom is -0.374 e. The van der Waals surface area contributed by atoms with Gasteiger partial charge >= 0.3 is 8.80 Å². The molecule has 0 heterocycles. The first-order valence-electron chi connectivity index (χ1n) is 7.17. The van der Waals surface area contributed by atoms with E-state index in [4.69, 9.17) is 13.3 Å². The molecule has 2 fully saturated rings. The second kappa shape index (κ2) is 5.82. The van der Waals surface area contributed by atoms with E-state index in [1.165, 1.54) is 25.7 Å². The summed E-state index contributed by atoms with van der Waals surface area (Å²) in [5.74, 6) is 1.72. The molecule has 0 amide bonds. The summed E-state index contributed by atoms with van der Waals surface area (Å²) in [7, 11) is -2.42. The Balaban J connectivity index is 2.12. The van der Waals surface area contributed by atoms with Crippen LogP contribution in [0.4, 0.5) is 0 Å². The first kappa shape index (κ1) is 13.5. The molecule has 3 atom stereocenters. The van der Waals surface area contributed by atoms with E-state index in [-0.39, 0.29) is 0 Å². The molecule has 100 valence electrons. The topological polar surface area (TPSA) is 27.7 Å². The molecule has 2 saturated carbocycles. The van der Waals surface area contributed by atoms with Crippen LogP contribution in [0.3, 0.4) is 0 Å². The van der Waals surface area contributed by atoms with E-state index in [9.17, 15) is 0 Å². The number of fused-ring (bicyclic) bond motifs is 2. The zero-order chi connectivity index (χ0) is 12.3. The van der Waals surface area contributed by atoms with E-state index >= 15 is 0 Å². The minimum absolute atomic E-state index is 0.570. The summed E-state index contributed by atoms with van der Waals surface area (Å²) in [4.78, 5) is 0. The third-order valence-corrected chi connectivity index (χ3v) is 7.92. The van der Waals surface area contributed by atoms with Gasteiger partial charge in [0.05, 0.1) is 0 Å². The van der Waals surface area contributed by atoms with E-state index in [1.807, 2.05) is 20.8 Å². The number of rotatable bonds is 7. The summed E-state index contributed by atoms with van der Waals surface area (Å²) in [6.07, 6.45) is 5.43. The highest BCUT2D eigenvalue weighted by molar-refractivity contribution is 6.62. The highest BCUT2D eigenvalue weighted by Crippen LogP contribution is 2.55. The Kier molecular flexibility index (Phi) is 4.63. The molecule has 0 radical (unpaired) electrons. The molecule has 2 rings (SSSR count). The zero-order valence-corrected chi connectivity index (χ0v) is 12.4. The maximum Gasteiger partial charge on any atom is 0.504 e. The highest BCUT2D eigenvalue weighted by Gasteiger charge is 2.57. The molecular formula is C13H26O3Si. The fraction of sp³-hybridized carbons (Fsp3) is 1.00. The van der Waals surface area contributed by atoms with Crippen molar-refractivity contribution >= 4 is 8.80 Å². The summed E-state index contributed by atoms with van der Waals surface area (Å²) in [6, 6.07) is 0. The maximum absolute atomic E-state index is 6.04. The minimum atomic E-state index is -2.42. The van der Waals surface area contributed by atoms with Crippen LogP contribution in [0.2, 0.25) is 5.54 Å². The molecule has 4 heteroatoms. The predicted octanol–water partition coefficient (Wildman–Crippen LogP) is 3.23. The molecule has 0 saturated heterocycles. The number of hydrogen-bond donors (Lipinski definition) is 0. The molecule has 0 aromatic rings. The molecule has 3 nitrogen and oxygen atoms in total. The van der Waals surface area contributed by atoms with E-state index in [1.54, 1.807) is 0 Å². The van der Waals surface area contributed by atoms with Crippen molar-refractivity contribution in [1.29, 1.82) is 0 Å². The Morgan fingerprint density at radius 1 is 0.882 bits per heavy atom. The molecule has 17 heavy (non-hydrogen) atoms. The average molecular weight is 258 g/mol. The van der Waals surface area contributed by atoms with Gasteiger partial charge in [-0.15, -0.1) is 0 Å². The Hall–Kier alpha value is 0.0969. The van der Waals surface area contributed by atoms with Crippen molar-refractivity contribution in [2.75, 3.05) is 19.8 Å². The molecule has 0 aromatic heterocycles. The van der Waals surface area contributed by atoms with E-state index < -0.39 is 8.80 Å². The molecule has 0 aromatic carbocycles. The lowest BCUT2D eigenvalue weighted by Gasteiger charge is -2.37. The zero-order valence-electron chi connectivity index (χ0n) is 11.4. The lowest BCUT2D eigenvalue weighted by molar-refractivity contribution is 0.0539. The van der Waals surface area contributed by atoms with Crippen LogP contribution in [-0.4, -0.2) is 28.6 Å². The first-order chi connectivity index (χ1) is 8.25. The fourth-order valence-corrected chi connectivity index (χ4v) is 7.33. The van der Waals surface area contributed by atoms with Gasteiger partial charge in [-0.25, -0.2) is 0 Å². The van der Waals surface area contributed by atoms with Crippen molar-refractivity contribution in [1.82, 2.24) is 0 Å². The summed E-state index contributed by atoms with van der Waals surface area (Å²) < 4.78 is 18.1. The lowest BCUT2D eigenvalue weighted by Crippen LogP contribution is -2.51. The van der Waals surface area contributed by atoms with Crippen molar-refractivity contribution < 1.29 is 13.3 Å². The van der Waals surface area contributed by atoms with Crippen LogP contribution in [0.5, 0.6) is 0 Å². The van der Waals surface area contributed by atoms with Crippen molar-refractivity contribution in [3.05, 3.63) is 0 Å². The van der Waals surface area contributed by atoms with Crippen LogP contribution in [0.15, 0.2) is 0 Å². The van der Waals surface area contributed by atoms with Gasteiger partial charge in [-0.3, -0.25) is 0 Å². The summed E-state index contributed by atoms with van der Waals surface area (Å²) in [6.45, 7) is 8.27. The molecule has 2 bridgehead atoms. The monoisotopic (exact) mass is 258 g/mol. The fourth-order valence-electron chi connectivity index (χ4n) is 3.73. The highest BCUT2D eigenvalue weighted by atomic mass is 28.4. The van der Waals surface area contributed by atoms with Crippen LogP contribution in [0.1, 0.15) is 46.5 Å². The van der Waals surface area contributed by atoms with Crippen LogP contribution < -0.4 is 0 Å². The molecule has 2 aliphatic rings. The van der Waals surface area contributed by atoms with Crippen molar-refractivity contribution in [2.24, 2.45) is 11.8 Å². The van der Waals surface area contributed by atoms with E-state index in [0.717, 1.165) is 11.8 Å². The third-order valence-electron chi connectivity index (χ3n) is 4.23. The van der Waals surface area contributed by atoms with Crippen molar-refractivity contribution in [2.45, 2.75) is 52.0 Å². The Morgan fingerprint density at radius 2 is 1.47 bits per heavy atom. The smallest absolute Gasteiger partial charge is 0.374 e. The lowest BCUT2D eigenvalue weighted by atomic mass is 10.0. The Bertz CT molecular complexity index is 230. The maximum atomic E-state index is 6.04. The largest absolute Gasteiger partial charge is 0.504 e. The molecule has 0 N–H and O–H groups in total. The van der Waals surface area contributed by atoms with Gasteiger partial charge in [0, 0.05) is 25.4 Å². The van der Waals surface area contributed by atoms with E-state index in [2.05, 4.69) is 0 Å². The van der Waals surface area contributed by atoms with Gasteiger partial charge in [0.25, 0.3) is 0 Å². The summed E-state index contributed by atoms with van der Waals surface area (Å²) in [5, 5.41) is 0. The Labute approximate surface area is 106 Å². The van der Waals surface area contributed by atoms with Gasteiger partial charge in [-0.05, 0) is 51.9 Å². The van der Waals surface area contributed by atoms with Gasteiger partial charge in [-0.2, -0.15) is 0 Å². The van der Waals surface area contributed by atoms with Crippen LogP contribution >= 0.6 is 0 Å². The molecule has 0 spiro atoms. The van der Waals surface area contributed by atoms with Gasteiger partial charge in [0.2, 0.25) is 0 Å². The molecule has 1 unspecified atom stereocenters. The van der Waals surface area contributed by atoms with Crippen LogP contribution in [0.25, 0.3) is 0 Å². The number of hydrogen-bond acceptors (Lipinski definition) is 3. The quantitative estimate of drug-likeness (QED) is 0.656. The van der Waals surface area contributed by atoms with Gasteiger partial charge < -0.3 is 13.3 Å². The van der Waals surface area contributed by atoms with Gasteiger partial charge in [0.1, 0.15) is 0 Å². The second-order valence-electron chi connectivity index (χ2n) is 5.18. The second-order valence-corrected chi connectivity index (χ2v) is 8.00. The first-order valence-corrected chi connectivity index (χ1v) is 8.97. The molecular weight excluding hydrogens is 232 g/mol. The van der Waals surface area contributed by atoms with Gasteiger partial charge in [0.15, 0.2) is 0 Å². The average Bonchev–Trinajstić information content (AvgIpc) is 2.91. The van der Waals surface area contributed by atoms with Crippen LogP contribution in [-0.2, 0) is 13.3 Å². The third kappa shape index (κ3) is 2.60. The summed E-state index contributed by atoms with van der Waals surface area (Å²) in [5.41, 5.74) is 0.570. The SMILES string of the molecule is CCO[Si](OCC)(OCC)C1C[C@@H]2CC[C@H]1C2. The standard InChI is InChI=1S/C13H26O3Si/c1-4-14-17(15-5-2,16-6-3)13-10-11-7-8-12(13)9-11/h11-13H,4-10H2,1-3H3/t11-,12+,13?/m1/s1. The normalized spacial score (nSPS) is 32.3. The van der Waals surface area contributed by atoms with Gasteiger partial charge in [-0.1, -0.05) is 6.42 Å². The predicted molar refractivity (Wildman–Crippen MR) is 69.8 cm³/mol. The summed E-state index contributed by atoms with van der Waals surface area (Å²) >= 11 is 0. The molecule has 0 aliphatic heterocycles. The van der Waals surface area contributed by atoms with Crippen LogP contribution in [0, 0.1) is 11.8 Å². The van der Waals surface area contributed by atoms with E-state index in [0.29, 0.717) is 25.4 Å². The Morgan fingerprint density at radius 3 is 1.82 bits per heavy atom. The molecule has 2 aliphatic carbocycles. The van der Waals surface area contributed by atoms with Crippen molar-refractivity contribution in [3.63, 3.8) is 0 Å². The van der Waals surface area contributed by atoms with Crippen molar-refractivity contribution in [3.8, 4) is 0 Å².